The van der Waals surface area contributed by atoms with E-state index >= 15 is 0 Å². The highest BCUT2D eigenvalue weighted by Crippen LogP contribution is 2.30. The summed E-state index contributed by atoms with van der Waals surface area (Å²) in [5.41, 5.74) is 1.15. The molecule has 1 N–H and O–H groups in total. The molecule has 0 aromatic heterocycles. The van der Waals surface area contributed by atoms with Crippen molar-refractivity contribution in [2.45, 2.75) is 52.1 Å². The Morgan fingerprint density at radius 3 is 2.81 bits per heavy atom. The van der Waals surface area contributed by atoms with Crippen LogP contribution in [0.2, 0.25) is 0 Å². The second-order valence-electron chi connectivity index (χ2n) is 6.34. The molecule has 3 aliphatic rings. The summed E-state index contributed by atoms with van der Waals surface area (Å²) in [7, 11) is 0. The van der Waals surface area contributed by atoms with Crippen LogP contribution in [0, 0.1) is 5.92 Å². The summed E-state index contributed by atoms with van der Waals surface area (Å²) < 4.78 is 0. The molecule has 0 spiro atoms. The second kappa shape index (κ2) is 6.08. The van der Waals surface area contributed by atoms with E-state index in [1.807, 2.05) is 0 Å². The summed E-state index contributed by atoms with van der Waals surface area (Å²) >= 11 is 0. The van der Waals surface area contributed by atoms with Crippen molar-refractivity contribution in [2.75, 3.05) is 19.8 Å². The van der Waals surface area contributed by atoms with Crippen LogP contribution in [-0.2, 0) is 4.79 Å². The summed E-state index contributed by atoms with van der Waals surface area (Å²) in [5.74, 6) is 1.87. The topological polar surface area (TPSA) is 47.9 Å². The van der Waals surface area contributed by atoms with Crippen LogP contribution in [0.25, 0.3) is 0 Å². The number of carbonyl (C=O) groups is 1. The Bertz CT molecular complexity index is 471. The van der Waals surface area contributed by atoms with Crippen LogP contribution in [-0.4, -0.2) is 47.3 Å². The quantitative estimate of drug-likeness (QED) is 0.840. The van der Waals surface area contributed by atoms with Gasteiger partial charge in [-0.1, -0.05) is 13.8 Å². The van der Waals surface area contributed by atoms with Crippen molar-refractivity contribution < 1.29 is 4.79 Å². The first-order chi connectivity index (χ1) is 10.2. The Morgan fingerprint density at radius 2 is 2.14 bits per heavy atom. The lowest BCUT2D eigenvalue weighted by Gasteiger charge is -2.35. The highest BCUT2D eigenvalue weighted by molar-refractivity contribution is 6.00. The highest BCUT2D eigenvalue weighted by atomic mass is 16.1. The molecule has 3 rings (SSSR count). The SMILES string of the molecule is CCCN1C=C2NC(C3CCC(=O)C3)N=C2N(CCC)C1. The fourth-order valence-corrected chi connectivity index (χ4v) is 3.52. The molecular weight excluding hydrogens is 264 g/mol. The van der Waals surface area contributed by atoms with E-state index in [-0.39, 0.29) is 6.17 Å². The second-order valence-corrected chi connectivity index (χ2v) is 6.34. The molecule has 0 aromatic carbocycles. The predicted octanol–water partition coefficient (Wildman–Crippen LogP) is 1.92. The normalized spacial score (nSPS) is 28.4. The van der Waals surface area contributed by atoms with E-state index in [1.165, 1.54) is 0 Å². The maximum Gasteiger partial charge on any atom is 0.152 e. The van der Waals surface area contributed by atoms with Crippen LogP contribution in [0.5, 0.6) is 0 Å². The largest absolute Gasteiger partial charge is 0.359 e. The lowest BCUT2D eigenvalue weighted by atomic mass is 10.1. The minimum absolute atomic E-state index is 0.0960. The van der Waals surface area contributed by atoms with Crippen molar-refractivity contribution >= 4 is 11.6 Å². The van der Waals surface area contributed by atoms with E-state index in [4.69, 9.17) is 4.99 Å². The van der Waals surface area contributed by atoms with Crippen LogP contribution in [0.15, 0.2) is 16.9 Å². The molecular formula is C16H26N4O. The van der Waals surface area contributed by atoms with Crippen molar-refractivity contribution in [3.05, 3.63) is 11.9 Å². The summed E-state index contributed by atoms with van der Waals surface area (Å²) in [5, 5.41) is 3.55. The van der Waals surface area contributed by atoms with Crippen LogP contribution in [0.1, 0.15) is 46.0 Å². The number of nitrogens with one attached hydrogen (secondary N) is 1. The van der Waals surface area contributed by atoms with E-state index in [2.05, 4.69) is 35.2 Å². The number of hydrogen-bond acceptors (Lipinski definition) is 5. The van der Waals surface area contributed by atoms with E-state index in [9.17, 15) is 4.79 Å². The maximum absolute atomic E-state index is 11.5. The molecule has 0 saturated heterocycles. The number of hydrogen-bond donors (Lipinski definition) is 1. The number of ketones is 1. The molecule has 21 heavy (non-hydrogen) atoms. The molecule has 2 heterocycles. The van der Waals surface area contributed by atoms with Gasteiger partial charge >= 0.3 is 0 Å². The Kier molecular flexibility index (Phi) is 4.17. The number of carbonyl (C=O) groups excluding carboxylic acids is 1. The van der Waals surface area contributed by atoms with Crippen LogP contribution < -0.4 is 5.32 Å². The first-order valence-electron chi connectivity index (χ1n) is 8.28. The minimum Gasteiger partial charge on any atom is -0.359 e. The van der Waals surface area contributed by atoms with Gasteiger partial charge in [0, 0.05) is 38.0 Å². The van der Waals surface area contributed by atoms with Gasteiger partial charge in [-0.2, -0.15) is 0 Å². The monoisotopic (exact) mass is 290 g/mol. The number of amidine groups is 1. The minimum atomic E-state index is 0.0960. The third-order valence-electron chi connectivity index (χ3n) is 4.50. The molecule has 0 radical (unpaired) electrons. The zero-order chi connectivity index (χ0) is 14.8. The van der Waals surface area contributed by atoms with Crippen LogP contribution in [0.4, 0.5) is 0 Å². The molecule has 0 amide bonds. The van der Waals surface area contributed by atoms with Gasteiger partial charge in [0.25, 0.3) is 0 Å². The average Bonchev–Trinajstić information content (AvgIpc) is 3.05. The van der Waals surface area contributed by atoms with Crippen molar-refractivity contribution in [3.8, 4) is 0 Å². The van der Waals surface area contributed by atoms with Crippen LogP contribution >= 0.6 is 0 Å². The number of aliphatic imine (C=N–C) groups is 1. The molecule has 0 aromatic rings. The summed E-state index contributed by atoms with van der Waals surface area (Å²) in [6.07, 6.45) is 6.98. The lowest BCUT2D eigenvalue weighted by Crippen LogP contribution is -2.45. The third-order valence-corrected chi connectivity index (χ3v) is 4.50. The molecule has 5 heteroatoms. The highest BCUT2D eigenvalue weighted by Gasteiger charge is 2.36. The average molecular weight is 290 g/mol. The molecule has 1 fully saturated rings. The van der Waals surface area contributed by atoms with Crippen molar-refractivity contribution in [1.29, 1.82) is 0 Å². The smallest absolute Gasteiger partial charge is 0.152 e. The van der Waals surface area contributed by atoms with E-state index in [1.54, 1.807) is 0 Å². The fourth-order valence-electron chi connectivity index (χ4n) is 3.52. The van der Waals surface area contributed by atoms with E-state index in [0.717, 1.165) is 57.0 Å². The van der Waals surface area contributed by atoms with Crippen molar-refractivity contribution in [1.82, 2.24) is 15.1 Å². The summed E-state index contributed by atoms with van der Waals surface area (Å²) in [4.78, 5) is 21.2. The molecule has 2 atom stereocenters. The van der Waals surface area contributed by atoms with Gasteiger partial charge in [-0.3, -0.25) is 4.79 Å². The predicted molar refractivity (Wildman–Crippen MR) is 83.7 cm³/mol. The van der Waals surface area contributed by atoms with Gasteiger partial charge in [0.05, 0.1) is 12.4 Å². The van der Waals surface area contributed by atoms with Crippen molar-refractivity contribution in [2.24, 2.45) is 10.9 Å². The molecule has 1 saturated carbocycles. The zero-order valence-corrected chi connectivity index (χ0v) is 13.1. The number of Topliss-reactive ketones (excluding diaryl/α,β-unsaturated/α-hetero) is 1. The van der Waals surface area contributed by atoms with Crippen LogP contribution in [0.3, 0.4) is 0 Å². The van der Waals surface area contributed by atoms with Gasteiger partial charge in [-0.25, -0.2) is 4.99 Å². The Hall–Kier alpha value is -1.52. The molecule has 1 aliphatic carbocycles. The lowest BCUT2D eigenvalue weighted by molar-refractivity contribution is -0.117. The number of nitrogens with zero attached hydrogens (tertiary/aromatic N) is 3. The Labute approximate surface area is 127 Å². The van der Waals surface area contributed by atoms with Gasteiger partial charge < -0.3 is 15.1 Å². The molecule has 116 valence electrons. The van der Waals surface area contributed by atoms with E-state index in [0.29, 0.717) is 18.1 Å². The van der Waals surface area contributed by atoms with Gasteiger partial charge in [-0.15, -0.1) is 0 Å². The molecule has 0 bridgehead atoms. The van der Waals surface area contributed by atoms with Gasteiger partial charge in [0.15, 0.2) is 5.84 Å². The molecule has 2 aliphatic heterocycles. The molecule has 5 nitrogen and oxygen atoms in total. The van der Waals surface area contributed by atoms with E-state index < -0.39 is 0 Å². The maximum atomic E-state index is 11.5. The zero-order valence-electron chi connectivity index (χ0n) is 13.1. The first kappa shape index (κ1) is 14.4. The third kappa shape index (κ3) is 2.92. The van der Waals surface area contributed by atoms with Crippen molar-refractivity contribution in [3.63, 3.8) is 0 Å². The summed E-state index contributed by atoms with van der Waals surface area (Å²) in [6, 6.07) is 0. The Balaban J connectivity index is 1.77. The Morgan fingerprint density at radius 1 is 1.33 bits per heavy atom. The van der Waals surface area contributed by atoms with Gasteiger partial charge in [0.1, 0.15) is 11.9 Å². The van der Waals surface area contributed by atoms with Gasteiger partial charge in [-0.05, 0) is 19.3 Å². The first-order valence-corrected chi connectivity index (χ1v) is 8.28. The number of rotatable bonds is 5. The summed E-state index contributed by atoms with van der Waals surface area (Å²) in [6.45, 7) is 7.46. The molecule has 2 unspecified atom stereocenters. The standard InChI is InChI=1S/C16H26N4O/c1-3-7-19-10-14-16(20(11-19)8-4-2)18-15(17-14)12-5-6-13(21)9-12/h10,12,15,17H,3-9,11H2,1-2H3. The fraction of sp³-hybridized carbons (Fsp3) is 0.750. The van der Waals surface area contributed by atoms with Gasteiger partial charge in [0.2, 0.25) is 0 Å². The number of fused-ring (bicyclic) bond motifs is 1.